The molecule has 1 rings (SSSR count). The lowest BCUT2D eigenvalue weighted by Gasteiger charge is -2.35. The summed E-state index contributed by atoms with van der Waals surface area (Å²) < 4.78 is 36.6. The van der Waals surface area contributed by atoms with Gasteiger partial charge in [0.15, 0.2) is 10.8 Å². The molecule has 0 radical (unpaired) electrons. The number of nitriles is 1. The second kappa shape index (κ2) is 4.27. The van der Waals surface area contributed by atoms with Gasteiger partial charge in [-0.2, -0.15) is 18.4 Å². The molecule has 1 aliphatic rings. The summed E-state index contributed by atoms with van der Waals surface area (Å²) >= 11 is 0.691. The number of aliphatic imine (C=N–C) groups is 1. The quantitative estimate of drug-likeness (QED) is 0.736. The van der Waals surface area contributed by atoms with Crippen molar-refractivity contribution in [2.45, 2.75) is 23.9 Å². The molecule has 0 aliphatic carbocycles. The Hall–Kier alpha value is -0.960. The van der Waals surface area contributed by atoms with Gasteiger partial charge in [-0.3, -0.25) is 4.99 Å². The van der Waals surface area contributed by atoms with Crippen molar-refractivity contribution in [3.8, 4) is 6.07 Å². The molecular formula is C9H9F3N2S. The van der Waals surface area contributed by atoms with E-state index in [1.54, 1.807) is 13.0 Å². The van der Waals surface area contributed by atoms with E-state index in [1.807, 2.05) is 0 Å². The summed E-state index contributed by atoms with van der Waals surface area (Å²) in [4.78, 5) is 3.57. The first-order chi connectivity index (χ1) is 6.98. The first-order valence-corrected chi connectivity index (χ1v) is 5.28. The number of hydrogen-bond donors (Lipinski definition) is 0. The summed E-state index contributed by atoms with van der Waals surface area (Å²) in [5.74, 6) is 0.275. The van der Waals surface area contributed by atoms with E-state index in [1.165, 1.54) is 12.3 Å². The monoisotopic (exact) mass is 234 g/mol. The lowest BCUT2D eigenvalue weighted by atomic mass is 9.97. The highest BCUT2D eigenvalue weighted by atomic mass is 32.2. The maximum absolute atomic E-state index is 12.9. The summed E-state index contributed by atoms with van der Waals surface area (Å²) in [5, 5.41) is 8.71. The van der Waals surface area contributed by atoms with Crippen LogP contribution in [0.25, 0.3) is 0 Å². The number of rotatable bonds is 2. The van der Waals surface area contributed by atoms with Gasteiger partial charge in [0.2, 0.25) is 0 Å². The molecule has 82 valence electrons. The van der Waals surface area contributed by atoms with Gasteiger partial charge in [-0.25, -0.2) is 0 Å². The molecule has 15 heavy (non-hydrogen) atoms. The Labute approximate surface area is 89.9 Å². The molecule has 0 fully saturated rings. The predicted molar refractivity (Wildman–Crippen MR) is 54.0 cm³/mol. The largest absolute Gasteiger partial charge is 0.409 e. The second-order valence-electron chi connectivity index (χ2n) is 2.91. The van der Waals surface area contributed by atoms with Crippen molar-refractivity contribution in [1.82, 2.24) is 0 Å². The topological polar surface area (TPSA) is 36.1 Å². The van der Waals surface area contributed by atoms with E-state index in [0.29, 0.717) is 11.8 Å². The Bertz CT molecular complexity index is 329. The van der Waals surface area contributed by atoms with Crippen LogP contribution in [-0.2, 0) is 0 Å². The normalized spacial score (nSPS) is 30.2. The zero-order valence-electron chi connectivity index (χ0n) is 7.95. The fourth-order valence-corrected chi connectivity index (χ4v) is 2.44. The molecule has 0 saturated heterocycles. The van der Waals surface area contributed by atoms with Gasteiger partial charge in [0, 0.05) is 6.21 Å². The summed E-state index contributed by atoms with van der Waals surface area (Å²) in [7, 11) is 0. The van der Waals surface area contributed by atoms with Crippen LogP contribution in [0.3, 0.4) is 0 Å². The summed E-state index contributed by atoms with van der Waals surface area (Å²) in [6, 6.07) is 0.200. The number of allylic oxidation sites excluding steroid dienone is 1. The standard InChI is InChI=1S/C9H9F3N2S/c1-2-15-8(9(10,11)12)4-3-5-14-7(8)6-13/h3-5,7H,2H2,1H3. The fraction of sp³-hybridized carbons (Fsp3) is 0.556. The Morgan fingerprint density at radius 2 is 2.27 bits per heavy atom. The Kier molecular flexibility index (Phi) is 3.45. The van der Waals surface area contributed by atoms with Gasteiger partial charge in [-0.1, -0.05) is 13.0 Å². The molecule has 0 spiro atoms. The van der Waals surface area contributed by atoms with Crippen molar-refractivity contribution in [3.05, 3.63) is 12.2 Å². The molecule has 6 heteroatoms. The SMILES string of the molecule is CCSC1(C(F)(F)F)C=CC=NC1C#N. The number of halogens is 3. The Morgan fingerprint density at radius 1 is 1.60 bits per heavy atom. The molecule has 0 aromatic rings. The lowest BCUT2D eigenvalue weighted by molar-refractivity contribution is -0.149. The van der Waals surface area contributed by atoms with E-state index < -0.39 is 17.0 Å². The van der Waals surface area contributed by atoms with Crippen LogP contribution in [0.15, 0.2) is 17.1 Å². The zero-order chi connectivity index (χ0) is 11.5. The van der Waals surface area contributed by atoms with Crippen LogP contribution in [0.2, 0.25) is 0 Å². The van der Waals surface area contributed by atoms with Gasteiger partial charge < -0.3 is 0 Å². The van der Waals surface area contributed by atoms with Crippen molar-refractivity contribution in [2.75, 3.05) is 5.75 Å². The molecule has 2 atom stereocenters. The fourth-order valence-electron chi connectivity index (χ4n) is 1.35. The number of alkyl halides is 3. The highest BCUT2D eigenvalue weighted by Crippen LogP contribution is 2.47. The van der Waals surface area contributed by atoms with Gasteiger partial charge in [-0.05, 0) is 11.8 Å². The molecule has 0 N–H and O–H groups in total. The van der Waals surface area contributed by atoms with Gasteiger partial charge >= 0.3 is 6.18 Å². The summed E-state index contributed by atoms with van der Waals surface area (Å²) in [6.45, 7) is 1.62. The van der Waals surface area contributed by atoms with Crippen LogP contribution in [0.5, 0.6) is 0 Å². The molecular weight excluding hydrogens is 225 g/mol. The number of hydrogen-bond acceptors (Lipinski definition) is 3. The molecule has 0 aromatic heterocycles. The van der Waals surface area contributed by atoms with Gasteiger partial charge in [0.05, 0.1) is 6.07 Å². The second-order valence-corrected chi connectivity index (χ2v) is 4.45. The summed E-state index contributed by atoms with van der Waals surface area (Å²) in [5.41, 5.74) is 0. The Morgan fingerprint density at radius 3 is 2.73 bits per heavy atom. The van der Waals surface area contributed by atoms with Crippen LogP contribution in [0.4, 0.5) is 13.2 Å². The maximum atomic E-state index is 12.9. The Balaban J connectivity index is 3.16. The van der Waals surface area contributed by atoms with Crippen LogP contribution in [0, 0.1) is 11.3 Å². The van der Waals surface area contributed by atoms with Crippen molar-refractivity contribution in [1.29, 1.82) is 5.26 Å². The number of nitrogens with zero attached hydrogens (tertiary/aromatic N) is 2. The van der Waals surface area contributed by atoms with Gasteiger partial charge in [-0.15, -0.1) is 11.8 Å². The number of dihydropyridines is 1. The maximum Gasteiger partial charge on any atom is 0.409 e. The van der Waals surface area contributed by atoms with Crippen LogP contribution >= 0.6 is 11.8 Å². The summed E-state index contributed by atoms with van der Waals surface area (Å²) in [6.07, 6.45) is -0.984. The molecule has 0 bridgehead atoms. The highest BCUT2D eigenvalue weighted by molar-refractivity contribution is 8.00. The van der Waals surface area contributed by atoms with Crippen molar-refractivity contribution < 1.29 is 13.2 Å². The van der Waals surface area contributed by atoms with Gasteiger partial charge in [0.25, 0.3) is 0 Å². The molecule has 1 aliphatic heterocycles. The minimum Gasteiger partial charge on any atom is -0.272 e. The van der Waals surface area contributed by atoms with Crippen LogP contribution in [0.1, 0.15) is 6.92 Å². The van der Waals surface area contributed by atoms with E-state index in [2.05, 4.69) is 4.99 Å². The average molecular weight is 234 g/mol. The first kappa shape index (κ1) is 12.1. The predicted octanol–water partition coefficient (Wildman–Crippen LogP) is 2.57. The van der Waals surface area contributed by atoms with E-state index in [-0.39, 0.29) is 5.75 Å². The average Bonchev–Trinajstić information content (AvgIpc) is 2.17. The van der Waals surface area contributed by atoms with Crippen molar-refractivity contribution >= 4 is 18.0 Å². The van der Waals surface area contributed by atoms with Gasteiger partial charge in [0.1, 0.15) is 0 Å². The third kappa shape index (κ3) is 2.02. The molecule has 0 saturated carbocycles. The minimum atomic E-state index is -4.47. The van der Waals surface area contributed by atoms with Crippen LogP contribution < -0.4 is 0 Å². The van der Waals surface area contributed by atoms with Crippen LogP contribution in [-0.4, -0.2) is 28.9 Å². The molecule has 0 amide bonds. The minimum absolute atomic E-state index is 0.275. The van der Waals surface area contributed by atoms with E-state index >= 15 is 0 Å². The first-order valence-electron chi connectivity index (χ1n) is 4.29. The molecule has 2 unspecified atom stereocenters. The van der Waals surface area contributed by atoms with Crippen molar-refractivity contribution in [3.63, 3.8) is 0 Å². The molecule has 2 nitrogen and oxygen atoms in total. The lowest BCUT2D eigenvalue weighted by Crippen LogP contribution is -2.50. The third-order valence-corrected chi connectivity index (χ3v) is 3.38. The number of thioether (sulfide) groups is 1. The smallest absolute Gasteiger partial charge is 0.272 e. The highest BCUT2D eigenvalue weighted by Gasteiger charge is 2.59. The zero-order valence-corrected chi connectivity index (χ0v) is 8.77. The van der Waals surface area contributed by atoms with E-state index in [9.17, 15) is 13.2 Å². The third-order valence-electron chi connectivity index (χ3n) is 2.02. The molecule has 1 heterocycles. The van der Waals surface area contributed by atoms with E-state index in [0.717, 1.165) is 6.08 Å². The molecule has 0 aromatic carbocycles. The van der Waals surface area contributed by atoms with Crippen molar-refractivity contribution in [2.24, 2.45) is 4.99 Å². The van der Waals surface area contributed by atoms with E-state index in [4.69, 9.17) is 5.26 Å².